The molecule has 0 saturated heterocycles. The third kappa shape index (κ3) is 4.97. The highest BCUT2D eigenvalue weighted by atomic mass is 35.5. The number of nitrogens with two attached hydrogens (primary N) is 1. The number of rotatable bonds is 5. The molecule has 0 aliphatic rings. The fraction of sp³-hybridized carbons (Fsp3) is 0.385. The van der Waals surface area contributed by atoms with Crippen molar-refractivity contribution in [3.8, 4) is 0 Å². The van der Waals surface area contributed by atoms with Crippen molar-refractivity contribution in [1.29, 1.82) is 0 Å². The predicted molar refractivity (Wildman–Crippen MR) is 76.1 cm³/mol. The minimum atomic E-state index is -4.34. The summed E-state index contributed by atoms with van der Waals surface area (Å²) in [5.41, 5.74) is 5.27. The van der Waals surface area contributed by atoms with Gasteiger partial charge in [-0.3, -0.25) is 4.90 Å². The van der Waals surface area contributed by atoms with Crippen LogP contribution in [0, 0.1) is 0 Å². The molecule has 1 aromatic heterocycles. The molecule has 0 amide bonds. The molecular weight excluding hydrogens is 321 g/mol. The maximum absolute atomic E-state index is 12.6. The van der Waals surface area contributed by atoms with Crippen molar-refractivity contribution in [3.63, 3.8) is 0 Å². The minimum Gasteiger partial charge on any atom is -0.338 e. The zero-order chi connectivity index (χ0) is 15.5. The summed E-state index contributed by atoms with van der Waals surface area (Å²) in [5, 5.41) is 3.74. The van der Waals surface area contributed by atoms with Gasteiger partial charge in [-0.1, -0.05) is 23.4 Å². The standard InChI is InChI=1S/C13H15F3N4O.ClH/c1-20(8-11-18-12(6-17)21-19-11)7-9-3-2-4-10(5-9)13(14,15)16;/h2-5H,6-8,17H2,1H3;1H. The largest absolute Gasteiger partial charge is 0.416 e. The van der Waals surface area contributed by atoms with Crippen molar-refractivity contribution < 1.29 is 17.7 Å². The SMILES string of the molecule is CN(Cc1cccc(C(F)(F)F)c1)Cc1noc(CN)n1.Cl. The van der Waals surface area contributed by atoms with Gasteiger partial charge in [0.15, 0.2) is 5.82 Å². The van der Waals surface area contributed by atoms with Gasteiger partial charge in [0.25, 0.3) is 0 Å². The molecule has 0 bridgehead atoms. The first kappa shape index (κ1) is 18.4. The second-order valence-corrected chi connectivity index (χ2v) is 4.68. The van der Waals surface area contributed by atoms with E-state index in [0.717, 1.165) is 12.1 Å². The lowest BCUT2D eigenvalue weighted by molar-refractivity contribution is -0.137. The lowest BCUT2D eigenvalue weighted by Gasteiger charge is -2.15. The Morgan fingerprint density at radius 3 is 2.59 bits per heavy atom. The van der Waals surface area contributed by atoms with Gasteiger partial charge >= 0.3 is 6.18 Å². The van der Waals surface area contributed by atoms with Gasteiger partial charge < -0.3 is 10.3 Å². The van der Waals surface area contributed by atoms with E-state index >= 15 is 0 Å². The number of benzene rings is 1. The van der Waals surface area contributed by atoms with Crippen molar-refractivity contribution in [2.24, 2.45) is 5.73 Å². The molecule has 22 heavy (non-hydrogen) atoms. The highest BCUT2D eigenvalue weighted by molar-refractivity contribution is 5.85. The topological polar surface area (TPSA) is 68.2 Å². The van der Waals surface area contributed by atoms with Gasteiger partial charge in [0, 0.05) is 6.54 Å². The molecule has 0 aliphatic heterocycles. The molecule has 2 aromatic rings. The van der Waals surface area contributed by atoms with Crippen LogP contribution in [-0.2, 0) is 25.8 Å². The van der Waals surface area contributed by atoms with Crippen LogP contribution in [0.15, 0.2) is 28.8 Å². The maximum Gasteiger partial charge on any atom is 0.416 e. The second kappa shape index (κ2) is 7.57. The van der Waals surface area contributed by atoms with Crippen LogP contribution in [0.4, 0.5) is 13.2 Å². The minimum absolute atomic E-state index is 0. The van der Waals surface area contributed by atoms with Crippen LogP contribution < -0.4 is 5.73 Å². The molecule has 0 unspecified atom stereocenters. The summed E-state index contributed by atoms with van der Waals surface area (Å²) in [6.07, 6.45) is -4.34. The van der Waals surface area contributed by atoms with Crippen LogP contribution in [0.2, 0.25) is 0 Å². The molecule has 122 valence electrons. The van der Waals surface area contributed by atoms with Gasteiger partial charge in [-0.2, -0.15) is 18.2 Å². The van der Waals surface area contributed by atoms with E-state index in [2.05, 4.69) is 10.1 Å². The van der Waals surface area contributed by atoms with Crippen molar-refractivity contribution in [2.45, 2.75) is 25.8 Å². The van der Waals surface area contributed by atoms with E-state index in [4.69, 9.17) is 10.3 Å². The molecule has 2 rings (SSSR count). The fourth-order valence-corrected chi connectivity index (χ4v) is 1.89. The lowest BCUT2D eigenvalue weighted by atomic mass is 10.1. The molecule has 2 N–H and O–H groups in total. The summed E-state index contributed by atoms with van der Waals surface area (Å²) in [6, 6.07) is 5.23. The summed E-state index contributed by atoms with van der Waals surface area (Å²) < 4.78 is 42.8. The molecule has 0 fully saturated rings. The van der Waals surface area contributed by atoms with E-state index in [1.54, 1.807) is 18.0 Å². The van der Waals surface area contributed by atoms with Gasteiger partial charge in [-0.05, 0) is 18.7 Å². The van der Waals surface area contributed by atoms with Crippen molar-refractivity contribution in [1.82, 2.24) is 15.0 Å². The Morgan fingerprint density at radius 1 is 1.27 bits per heavy atom. The molecular formula is C13H16ClF3N4O. The lowest BCUT2D eigenvalue weighted by Crippen LogP contribution is -2.18. The van der Waals surface area contributed by atoms with Gasteiger partial charge in [0.2, 0.25) is 5.89 Å². The van der Waals surface area contributed by atoms with Crippen LogP contribution in [0.25, 0.3) is 0 Å². The summed E-state index contributed by atoms with van der Waals surface area (Å²) in [6.45, 7) is 0.862. The highest BCUT2D eigenvalue weighted by Gasteiger charge is 2.30. The average molecular weight is 337 g/mol. The first-order valence-corrected chi connectivity index (χ1v) is 6.24. The van der Waals surface area contributed by atoms with Crippen LogP contribution >= 0.6 is 12.4 Å². The number of halogens is 4. The third-order valence-electron chi connectivity index (χ3n) is 2.80. The summed E-state index contributed by atoms with van der Waals surface area (Å²) in [4.78, 5) is 5.84. The van der Waals surface area contributed by atoms with E-state index < -0.39 is 11.7 Å². The molecule has 0 saturated carbocycles. The smallest absolute Gasteiger partial charge is 0.338 e. The molecule has 9 heteroatoms. The number of aromatic nitrogens is 2. The molecule has 5 nitrogen and oxygen atoms in total. The number of alkyl halides is 3. The van der Waals surface area contributed by atoms with Gasteiger partial charge in [0.05, 0.1) is 18.7 Å². The van der Waals surface area contributed by atoms with E-state index in [9.17, 15) is 13.2 Å². The molecule has 0 radical (unpaired) electrons. The Labute approximate surface area is 131 Å². The predicted octanol–water partition coefficient (Wildman–Crippen LogP) is 2.60. The fourth-order valence-electron chi connectivity index (χ4n) is 1.89. The first-order valence-electron chi connectivity index (χ1n) is 6.24. The van der Waals surface area contributed by atoms with Gasteiger partial charge in [0.1, 0.15) is 0 Å². The van der Waals surface area contributed by atoms with Crippen molar-refractivity contribution in [2.75, 3.05) is 7.05 Å². The molecule has 0 atom stereocenters. The quantitative estimate of drug-likeness (QED) is 0.909. The van der Waals surface area contributed by atoms with Crippen LogP contribution in [-0.4, -0.2) is 22.1 Å². The zero-order valence-corrected chi connectivity index (χ0v) is 12.6. The molecule has 0 aliphatic carbocycles. The van der Waals surface area contributed by atoms with E-state index in [1.165, 1.54) is 6.07 Å². The first-order chi connectivity index (χ1) is 9.88. The Kier molecular flexibility index (Phi) is 6.34. The maximum atomic E-state index is 12.6. The number of hydrogen-bond donors (Lipinski definition) is 1. The Bertz CT molecular complexity index is 603. The molecule has 1 heterocycles. The summed E-state index contributed by atoms with van der Waals surface area (Å²) in [7, 11) is 1.76. The Morgan fingerprint density at radius 2 is 2.00 bits per heavy atom. The van der Waals surface area contributed by atoms with Gasteiger partial charge in [-0.25, -0.2) is 0 Å². The van der Waals surface area contributed by atoms with E-state index in [0.29, 0.717) is 30.4 Å². The summed E-state index contributed by atoms with van der Waals surface area (Å²) in [5.74, 6) is 0.780. The number of hydrogen-bond acceptors (Lipinski definition) is 5. The van der Waals surface area contributed by atoms with Crippen LogP contribution in [0.5, 0.6) is 0 Å². The second-order valence-electron chi connectivity index (χ2n) is 4.68. The van der Waals surface area contributed by atoms with Crippen molar-refractivity contribution in [3.05, 3.63) is 47.1 Å². The Balaban J connectivity index is 0.00000242. The Hall–Kier alpha value is -1.64. The van der Waals surface area contributed by atoms with Crippen LogP contribution in [0.1, 0.15) is 22.8 Å². The molecule has 1 aromatic carbocycles. The highest BCUT2D eigenvalue weighted by Crippen LogP contribution is 2.29. The monoisotopic (exact) mass is 336 g/mol. The van der Waals surface area contributed by atoms with E-state index in [-0.39, 0.29) is 19.0 Å². The van der Waals surface area contributed by atoms with Crippen molar-refractivity contribution >= 4 is 12.4 Å². The third-order valence-corrected chi connectivity index (χ3v) is 2.80. The summed E-state index contributed by atoms with van der Waals surface area (Å²) >= 11 is 0. The number of nitrogens with zero attached hydrogens (tertiary/aromatic N) is 3. The zero-order valence-electron chi connectivity index (χ0n) is 11.8. The van der Waals surface area contributed by atoms with E-state index in [1.807, 2.05) is 0 Å². The molecule has 0 spiro atoms. The normalized spacial score (nSPS) is 11.5. The van der Waals surface area contributed by atoms with Crippen LogP contribution in [0.3, 0.4) is 0 Å². The average Bonchev–Trinajstić information content (AvgIpc) is 2.85. The van der Waals surface area contributed by atoms with Gasteiger partial charge in [-0.15, -0.1) is 12.4 Å².